The molecule has 2 N–H and O–H groups in total. The van der Waals surface area contributed by atoms with Gasteiger partial charge >= 0.3 is 6.03 Å². The van der Waals surface area contributed by atoms with Crippen molar-refractivity contribution in [2.75, 3.05) is 5.32 Å². The lowest BCUT2D eigenvalue weighted by atomic mass is 10.3. The van der Waals surface area contributed by atoms with Crippen molar-refractivity contribution >= 4 is 34.7 Å². The molecule has 2 aromatic heterocycles. The van der Waals surface area contributed by atoms with Crippen LogP contribution in [0.2, 0.25) is 5.02 Å². The lowest BCUT2D eigenvalue weighted by molar-refractivity contribution is 0.251. The van der Waals surface area contributed by atoms with Crippen molar-refractivity contribution in [3.05, 3.63) is 64.7 Å². The minimum Gasteiger partial charge on any atom is -0.458 e. The summed E-state index contributed by atoms with van der Waals surface area (Å²) in [5.74, 6) is 1.51. The number of urea groups is 1. The lowest BCUT2D eigenvalue weighted by Crippen LogP contribution is -2.27. The molecule has 22 heavy (non-hydrogen) atoms. The van der Waals surface area contributed by atoms with E-state index in [1.54, 1.807) is 35.6 Å². The normalized spacial score (nSPS) is 10.4. The molecule has 3 aromatic rings. The Kier molecular flexibility index (Phi) is 4.46. The summed E-state index contributed by atoms with van der Waals surface area (Å²) >= 11 is 7.48. The minimum atomic E-state index is -0.309. The Bertz CT molecular complexity index is 768. The summed E-state index contributed by atoms with van der Waals surface area (Å²) < 4.78 is 5.69. The van der Waals surface area contributed by atoms with Gasteiger partial charge in [0.25, 0.3) is 0 Å². The number of thiophene rings is 1. The molecule has 2 heterocycles. The van der Waals surface area contributed by atoms with Gasteiger partial charge in [0, 0.05) is 10.7 Å². The van der Waals surface area contributed by atoms with E-state index in [1.165, 1.54) is 0 Å². The van der Waals surface area contributed by atoms with E-state index in [0.717, 1.165) is 10.6 Å². The molecule has 0 aliphatic rings. The molecular weight excluding hydrogens is 320 g/mol. The molecular formula is C16H13ClN2O2S. The van der Waals surface area contributed by atoms with E-state index in [0.29, 0.717) is 23.0 Å². The summed E-state index contributed by atoms with van der Waals surface area (Å²) in [4.78, 5) is 12.9. The number of nitrogens with one attached hydrogen (secondary N) is 2. The third kappa shape index (κ3) is 3.69. The van der Waals surface area contributed by atoms with Crippen molar-refractivity contribution in [1.29, 1.82) is 0 Å². The average Bonchev–Trinajstić information content (AvgIpc) is 3.16. The first-order chi connectivity index (χ1) is 10.7. The Morgan fingerprint density at radius 2 is 2.09 bits per heavy atom. The van der Waals surface area contributed by atoms with E-state index in [2.05, 4.69) is 10.6 Å². The van der Waals surface area contributed by atoms with Gasteiger partial charge in [0.05, 0.1) is 11.4 Å². The molecule has 0 atom stereocenters. The Labute approximate surface area is 136 Å². The van der Waals surface area contributed by atoms with Gasteiger partial charge in [-0.05, 0) is 41.8 Å². The number of hydrogen-bond acceptors (Lipinski definition) is 3. The van der Waals surface area contributed by atoms with E-state index in [9.17, 15) is 4.79 Å². The Morgan fingerprint density at radius 1 is 1.18 bits per heavy atom. The Morgan fingerprint density at radius 3 is 2.86 bits per heavy atom. The first kappa shape index (κ1) is 14.7. The van der Waals surface area contributed by atoms with Crippen LogP contribution < -0.4 is 10.6 Å². The maximum atomic E-state index is 11.8. The van der Waals surface area contributed by atoms with Gasteiger partial charge in [0.1, 0.15) is 11.5 Å². The number of halogens is 1. The molecule has 0 aliphatic carbocycles. The van der Waals surface area contributed by atoms with E-state index in [4.69, 9.17) is 16.0 Å². The summed E-state index contributed by atoms with van der Waals surface area (Å²) in [7, 11) is 0. The summed E-state index contributed by atoms with van der Waals surface area (Å²) in [6.45, 7) is 0.317. The van der Waals surface area contributed by atoms with Crippen LogP contribution in [0.25, 0.3) is 10.6 Å². The SMILES string of the molecule is O=C(NCc1ccc(-c2cccs2)o1)Nc1cccc(Cl)c1. The van der Waals surface area contributed by atoms with E-state index in [-0.39, 0.29) is 6.03 Å². The molecule has 0 aliphatic heterocycles. The maximum absolute atomic E-state index is 11.8. The second-order valence-corrected chi connectivity index (χ2v) is 5.95. The van der Waals surface area contributed by atoms with Crippen molar-refractivity contribution in [3.8, 4) is 10.6 Å². The third-order valence-electron chi connectivity index (χ3n) is 2.93. The van der Waals surface area contributed by atoms with Crippen LogP contribution in [0.4, 0.5) is 10.5 Å². The van der Waals surface area contributed by atoms with Gasteiger partial charge in [-0.2, -0.15) is 0 Å². The van der Waals surface area contributed by atoms with Crippen LogP contribution in [0.15, 0.2) is 58.3 Å². The molecule has 2 amide bonds. The fourth-order valence-corrected chi connectivity index (χ4v) is 2.81. The highest BCUT2D eigenvalue weighted by atomic mass is 35.5. The van der Waals surface area contributed by atoms with Gasteiger partial charge in [0.2, 0.25) is 0 Å². The minimum absolute atomic E-state index is 0.309. The molecule has 1 aromatic carbocycles. The highest BCUT2D eigenvalue weighted by Gasteiger charge is 2.07. The van der Waals surface area contributed by atoms with E-state index in [1.807, 2.05) is 29.6 Å². The zero-order valence-corrected chi connectivity index (χ0v) is 13.1. The number of carbonyl (C=O) groups is 1. The molecule has 112 valence electrons. The number of anilines is 1. The molecule has 4 nitrogen and oxygen atoms in total. The van der Waals surface area contributed by atoms with E-state index < -0.39 is 0 Å². The van der Waals surface area contributed by atoms with Gasteiger partial charge in [-0.15, -0.1) is 11.3 Å². The quantitative estimate of drug-likeness (QED) is 0.707. The lowest BCUT2D eigenvalue weighted by Gasteiger charge is -2.06. The predicted molar refractivity (Wildman–Crippen MR) is 89.3 cm³/mol. The fourth-order valence-electron chi connectivity index (χ4n) is 1.93. The summed E-state index contributed by atoms with van der Waals surface area (Å²) in [5.41, 5.74) is 0.642. The number of carbonyl (C=O) groups excluding carboxylic acids is 1. The Balaban J connectivity index is 1.55. The van der Waals surface area contributed by atoms with Crippen molar-refractivity contribution in [3.63, 3.8) is 0 Å². The van der Waals surface area contributed by atoms with E-state index >= 15 is 0 Å². The van der Waals surface area contributed by atoms with Crippen molar-refractivity contribution in [2.45, 2.75) is 6.54 Å². The summed E-state index contributed by atoms with van der Waals surface area (Å²) in [6.07, 6.45) is 0. The number of benzene rings is 1. The van der Waals surface area contributed by atoms with Crippen molar-refractivity contribution in [2.24, 2.45) is 0 Å². The van der Waals surface area contributed by atoms with Gasteiger partial charge in [0.15, 0.2) is 0 Å². The zero-order chi connectivity index (χ0) is 15.4. The highest BCUT2D eigenvalue weighted by molar-refractivity contribution is 7.13. The largest absolute Gasteiger partial charge is 0.458 e. The molecule has 0 saturated heterocycles. The third-order valence-corrected chi connectivity index (χ3v) is 4.05. The van der Waals surface area contributed by atoms with Gasteiger partial charge in [-0.25, -0.2) is 4.79 Å². The molecule has 6 heteroatoms. The summed E-state index contributed by atoms with van der Waals surface area (Å²) in [6, 6.07) is 14.4. The molecule has 3 rings (SSSR count). The summed E-state index contributed by atoms with van der Waals surface area (Å²) in [5, 5.41) is 8.02. The van der Waals surface area contributed by atoms with Crippen LogP contribution in [-0.4, -0.2) is 6.03 Å². The second-order valence-electron chi connectivity index (χ2n) is 4.56. The van der Waals surface area contributed by atoms with Crippen LogP contribution in [0.1, 0.15) is 5.76 Å². The highest BCUT2D eigenvalue weighted by Crippen LogP contribution is 2.26. The van der Waals surface area contributed by atoms with Crippen molar-refractivity contribution in [1.82, 2.24) is 5.32 Å². The molecule has 0 spiro atoms. The number of amides is 2. The topological polar surface area (TPSA) is 54.3 Å². The number of hydrogen-bond donors (Lipinski definition) is 2. The zero-order valence-electron chi connectivity index (χ0n) is 11.5. The monoisotopic (exact) mass is 332 g/mol. The van der Waals surface area contributed by atoms with Gasteiger partial charge < -0.3 is 15.1 Å². The van der Waals surface area contributed by atoms with Crippen LogP contribution in [0.3, 0.4) is 0 Å². The molecule has 0 unspecified atom stereocenters. The Hall–Kier alpha value is -2.24. The molecule has 0 bridgehead atoms. The van der Waals surface area contributed by atoms with Crippen molar-refractivity contribution < 1.29 is 9.21 Å². The standard InChI is InChI=1S/C16H13ClN2O2S/c17-11-3-1-4-12(9-11)19-16(20)18-10-13-6-7-14(21-13)15-5-2-8-22-15/h1-9H,10H2,(H2,18,19,20). The van der Waals surface area contributed by atoms with Gasteiger partial charge in [-0.1, -0.05) is 23.7 Å². The second kappa shape index (κ2) is 6.68. The molecule has 0 saturated carbocycles. The first-order valence-electron chi connectivity index (χ1n) is 6.64. The fraction of sp³-hybridized carbons (Fsp3) is 0.0625. The maximum Gasteiger partial charge on any atom is 0.319 e. The van der Waals surface area contributed by atoms with Crippen LogP contribution in [0, 0.1) is 0 Å². The van der Waals surface area contributed by atoms with Crippen LogP contribution in [-0.2, 0) is 6.54 Å². The van der Waals surface area contributed by atoms with Crippen LogP contribution >= 0.6 is 22.9 Å². The number of rotatable bonds is 4. The molecule has 0 radical (unpaired) electrons. The average molecular weight is 333 g/mol. The van der Waals surface area contributed by atoms with Crippen LogP contribution in [0.5, 0.6) is 0 Å². The molecule has 0 fully saturated rings. The van der Waals surface area contributed by atoms with Gasteiger partial charge in [-0.3, -0.25) is 0 Å². The predicted octanol–water partition coefficient (Wildman–Crippen LogP) is 4.98. The smallest absolute Gasteiger partial charge is 0.319 e. The number of furan rings is 1. The first-order valence-corrected chi connectivity index (χ1v) is 7.89.